The molecular formula is C12H13FO5S. The lowest BCUT2D eigenvalue weighted by molar-refractivity contribution is -0.140. The number of benzene rings is 1. The molecule has 5 nitrogen and oxygen atoms in total. The Morgan fingerprint density at radius 3 is 2.37 bits per heavy atom. The van der Waals surface area contributed by atoms with Crippen LogP contribution in [0.2, 0.25) is 0 Å². The SMILES string of the molecule is COc1ccc(C2(C(=O)O)CC2)c(F)c1S(C)(=O)=O. The number of hydrogen-bond acceptors (Lipinski definition) is 4. The average molecular weight is 288 g/mol. The molecule has 1 aliphatic carbocycles. The van der Waals surface area contributed by atoms with Gasteiger partial charge in [0.15, 0.2) is 9.84 Å². The lowest BCUT2D eigenvalue weighted by Gasteiger charge is -2.15. The van der Waals surface area contributed by atoms with Crippen molar-refractivity contribution in [2.45, 2.75) is 23.2 Å². The van der Waals surface area contributed by atoms with E-state index in [9.17, 15) is 17.6 Å². The molecular weight excluding hydrogens is 275 g/mol. The first kappa shape index (κ1) is 13.8. The van der Waals surface area contributed by atoms with Gasteiger partial charge in [0.05, 0.1) is 12.5 Å². The van der Waals surface area contributed by atoms with Gasteiger partial charge in [0.1, 0.15) is 16.5 Å². The smallest absolute Gasteiger partial charge is 0.314 e. The van der Waals surface area contributed by atoms with E-state index in [2.05, 4.69) is 0 Å². The summed E-state index contributed by atoms with van der Waals surface area (Å²) in [6.07, 6.45) is 1.46. The molecule has 1 fully saturated rings. The summed E-state index contributed by atoms with van der Waals surface area (Å²) in [4.78, 5) is 10.6. The third kappa shape index (κ3) is 2.07. The molecule has 0 amide bonds. The molecule has 0 radical (unpaired) electrons. The van der Waals surface area contributed by atoms with Crippen LogP contribution in [0.3, 0.4) is 0 Å². The summed E-state index contributed by atoms with van der Waals surface area (Å²) in [5.41, 5.74) is -1.39. The second-order valence-corrected chi connectivity index (χ2v) is 6.57. The van der Waals surface area contributed by atoms with Crippen molar-refractivity contribution in [2.24, 2.45) is 0 Å². The molecule has 0 aromatic heterocycles. The molecule has 1 N–H and O–H groups in total. The predicted octanol–water partition coefficient (Wildman–Crippen LogP) is 1.35. The van der Waals surface area contributed by atoms with Crippen molar-refractivity contribution < 1.29 is 27.4 Å². The maximum absolute atomic E-state index is 14.4. The summed E-state index contributed by atoms with van der Waals surface area (Å²) in [6.45, 7) is 0. The molecule has 0 saturated heterocycles. The second kappa shape index (κ2) is 4.19. The summed E-state index contributed by atoms with van der Waals surface area (Å²) in [5, 5.41) is 9.15. The molecule has 0 unspecified atom stereocenters. The van der Waals surface area contributed by atoms with Gasteiger partial charge in [-0.05, 0) is 18.9 Å². The van der Waals surface area contributed by atoms with Crippen LogP contribution in [0.25, 0.3) is 0 Å². The predicted molar refractivity (Wildman–Crippen MR) is 64.6 cm³/mol. The topological polar surface area (TPSA) is 80.7 Å². The van der Waals surface area contributed by atoms with Gasteiger partial charge in [-0.2, -0.15) is 0 Å². The van der Waals surface area contributed by atoms with Crippen molar-refractivity contribution in [3.8, 4) is 5.75 Å². The lowest BCUT2D eigenvalue weighted by Crippen LogP contribution is -2.22. The first-order chi connectivity index (χ1) is 8.74. The Kier molecular flexibility index (Phi) is 3.04. The van der Waals surface area contributed by atoms with Crippen LogP contribution in [0.15, 0.2) is 17.0 Å². The van der Waals surface area contributed by atoms with E-state index in [4.69, 9.17) is 9.84 Å². The highest BCUT2D eigenvalue weighted by Crippen LogP contribution is 2.50. The third-order valence-corrected chi connectivity index (χ3v) is 4.45. The number of aliphatic carboxylic acids is 1. The maximum Gasteiger partial charge on any atom is 0.314 e. The first-order valence-electron chi connectivity index (χ1n) is 5.54. The van der Waals surface area contributed by atoms with E-state index in [-0.39, 0.29) is 11.3 Å². The monoisotopic (exact) mass is 288 g/mol. The summed E-state index contributed by atoms with van der Waals surface area (Å²) in [7, 11) is -2.62. The summed E-state index contributed by atoms with van der Waals surface area (Å²) < 4.78 is 42.5. The summed E-state index contributed by atoms with van der Waals surface area (Å²) in [5.74, 6) is -2.29. The zero-order valence-electron chi connectivity index (χ0n) is 10.4. The number of carboxylic acids is 1. The van der Waals surface area contributed by atoms with E-state index >= 15 is 0 Å². The quantitative estimate of drug-likeness (QED) is 0.904. The van der Waals surface area contributed by atoms with Gasteiger partial charge in [-0.15, -0.1) is 0 Å². The third-order valence-electron chi connectivity index (χ3n) is 3.33. The van der Waals surface area contributed by atoms with Crippen LogP contribution in [-0.4, -0.2) is 32.9 Å². The van der Waals surface area contributed by atoms with Crippen molar-refractivity contribution >= 4 is 15.8 Å². The largest absolute Gasteiger partial charge is 0.495 e. The van der Waals surface area contributed by atoms with Crippen LogP contribution in [0.1, 0.15) is 18.4 Å². The minimum absolute atomic E-state index is 0.0961. The summed E-state index contributed by atoms with van der Waals surface area (Å²) >= 11 is 0. The lowest BCUT2D eigenvalue weighted by atomic mass is 9.95. The number of carboxylic acid groups (broad SMARTS) is 1. The van der Waals surface area contributed by atoms with Gasteiger partial charge in [-0.25, -0.2) is 12.8 Å². The van der Waals surface area contributed by atoms with E-state index < -0.39 is 31.9 Å². The zero-order chi connectivity index (χ0) is 14.4. The van der Waals surface area contributed by atoms with Crippen molar-refractivity contribution in [2.75, 3.05) is 13.4 Å². The highest BCUT2D eigenvalue weighted by molar-refractivity contribution is 7.90. The minimum atomic E-state index is -3.85. The fraction of sp³-hybridized carbons (Fsp3) is 0.417. The summed E-state index contributed by atoms with van der Waals surface area (Å²) in [6, 6.07) is 2.57. The number of sulfone groups is 1. The van der Waals surface area contributed by atoms with E-state index in [1.54, 1.807) is 0 Å². The molecule has 1 saturated carbocycles. The Labute approximate surface area is 109 Å². The minimum Gasteiger partial charge on any atom is -0.495 e. The molecule has 0 heterocycles. The van der Waals surface area contributed by atoms with Gasteiger partial charge < -0.3 is 9.84 Å². The highest BCUT2D eigenvalue weighted by Gasteiger charge is 2.54. The zero-order valence-corrected chi connectivity index (χ0v) is 11.3. The number of ether oxygens (including phenoxy) is 1. The number of carbonyl (C=O) groups is 1. The Bertz CT molecular complexity index is 646. The molecule has 0 spiro atoms. The van der Waals surface area contributed by atoms with Gasteiger partial charge in [-0.1, -0.05) is 6.07 Å². The molecule has 7 heteroatoms. The number of rotatable bonds is 4. The van der Waals surface area contributed by atoms with Crippen LogP contribution in [0.4, 0.5) is 4.39 Å². The molecule has 0 aliphatic heterocycles. The molecule has 19 heavy (non-hydrogen) atoms. The maximum atomic E-state index is 14.4. The molecule has 1 aliphatic rings. The van der Waals surface area contributed by atoms with Crippen LogP contribution < -0.4 is 4.74 Å². The first-order valence-corrected chi connectivity index (χ1v) is 7.43. The standard InChI is InChI=1S/C12H13FO5S/c1-18-8-4-3-7(12(5-6-12)11(14)15)9(13)10(8)19(2,16)17/h3-4H,5-6H2,1-2H3,(H,14,15). The van der Waals surface area contributed by atoms with E-state index in [1.165, 1.54) is 19.2 Å². The van der Waals surface area contributed by atoms with Gasteiger partial charge in [0.25, 0.3) is 0 Å². The Balaban J connectivity index is 2.72. The molecule has 1 aromatic carbocycles. The van der Waals surface area contributed by atoms with E-state index in [0.717, 1.165) is 6.26 Å². The van der Waals surface area contributed by atoms with Gasteiger partial charge in [0.2, 0.25) is 0 Å². The normalized spacial score (nSPS) is 17.0. The Morgan fingerprint density at radius 2 is 2.00 bits per heavy atom. The Hall–Kier alpha value is -1.63. The van der Waals surface area contributed by atoms with Crippen LogP contribution in [0, 0.1) is 5.82 Å². The number of halogens is 1. The molecule has 0 atom stereocenters. The fourth-order valence-electron chi connectivity index (χ4n) is 2.14. The van der Waals surface area contributed by atoms with E-state index in [1.807, 2.05) is 0 Å². The molecule has 0 bridgehead atoms. The second-order valence-electron chi connectivity index (χ2n) is 4.62. The molecule has 1 aromatic rings. The van der Waals surface area contributed by atoms with Crippen molar-refractivity contribution in [3.63, 3.8) is 0 Å². The highest BCUT2D eigenvalue weighted by atomic mass is 32.2. The number of methoxy groups -OCH3 is 1. The van der Waals surface area contributed by atoms with Gasteiger partial charge >= 0.3 is 5.97 Å². The number of hydrogen-bond donors (Lipinski definition) is 1. The Morgan fingerprint density at radius 1 is 1.42 bits per heavy atom. The van der Waals surface area contributed by atoms with Gasteiger partial charge in [0, 0.05) is 11.8 Å². The molecule has 104 valence electrons. The van der Waals surface area contributed by atoms with Crippen LogP contribution >= 0.6 is 0 Å². The van der Waals surface area contributed by atoms with Crippen molar-refractivity contribution in [1.82, 2.24) is 0 Å². The van der Waals surface area contributed by atoms with Crippen molar-refractivity contribution in [3.05, 3.63) is 23.5 Å². The fourth-order valence-corrected chi connectivity index (χ4v) is 3.09. The van der Waals surface area contributed by atoms with E-state index in [0.29, 0.717) is 12.8 Å². The van der Waals surface area contributed by atoms with Crippen LogP contribution in [-0.2, 0) is 20.0 Å². The van der Waals surface area contributed by atoms with Crippen LogP contribution in [0.5, 0.6) is 5.75 Å². The van der Waals surface area contributed by atoms with Crippen molar-refractivity contribution in [1.29, 1.82) is 0 Å². The molecule has 2 rings (SSSR count). The average Bonchev–Trinajstić information content (AvgIpc) is 3.07. The van der Waals surface area contributed by atoms with Gasteiger partial charge in [-0.3, -0.25) is 4.79 Å².